The molecule has 0 radical (unpaired) electrons. The lowest BCUT2D eigenvalue weighted by atomic mass is 10.1. The van der Waals surface area contributed by atoms with Crippen molar-refractivity contribution in [3.63, 3.8) is 0 Å². The number of nitrogens with two attached hydrogens (primary N) is 1. The van der Waals surface area contributed by atoms with E-state index in [1.807, 2.05) is 0 Å². The zero-order valence-electron chi connectivity index (χ0n) is 11.7. The minimum atomic E-state index is -0.325. The van der Waals surface area contributed by atoms with E-state index in [2.05, 4.69) is 16.0 Å². The standard InChI is InChI=1S/C13H17ClN4O2.2ClH/c14-8-1-3-9(4-2-8)18-13(20)11-5-10(7-16-11)17-12(19)6-15;;/h1-4,10-11,16H,5-7,15H2,(H,17,19)(H,18,20);2*1H/t10?,11-;;/m0../s1. The fourth-order valence-corrected chi connectivity index (χ4v) is 2.22. The maximum atomic E-state index is 12.1. The number of carbonyl (C=O) groups is 2. The van der Waals surface area contributed by atoms with E-state index in [1.165, 1.54) is 0 Å². The molecule has 5 N–H and O–H groups in total. The van der Waals surface area contributed by atoms with Crippen molar-refractivity contribution < 1.29 is 9.59 Å². The first-order chi connectivity index (χ1) is 9.58. The molecule has 124 valence electrons. The van der Waals surface area contributed by atoms with E-state index in [1.54, 1.807) is 24.3 Å². The molecular weight excluding hydrogens is 351 g/mol. The van der Waals surface area contributed by atoms with Gasteiger partial charge in [0.05, 0.1) is 12.6 Å². The molecule has 2 rings (SSSR count). The highest BCUT2D eigenvalue weighted by Crippen LogP contribution is 2.15. The first-order valence-corrected chi connectivity index (χ1v) is 6.75. The summed E-state index contributed by atoms with van der Waals surface area (Å²) in [6, 6.07) is 6.51. The minimum absolute atomic E-state index is 0. The van der Waals surface area contributed by atoms with Gasteiger partial charge in [-0.15, -0.1) is 24.8 Å². The summed E-state index contributed by atoms with van der Waals surface area (Å²) in [7, 11) is 0. The molecule has 2 atom stereocenters. The first-order valence-electron chi connectivity index (χ1n) is 6.37. The van der Waals surface area contributed by atoms with E-state index in [0.29, 0.717) is 23.7 Å². The van der Waals surface area contributed by atoms with Gasteiger partial charge in [0, 0.05) is 23.3 Å². The second kappa shape index (κ2) is 9.86. The van der Waals surface area contributed by atoms with Gasteiger partial charge in [0.2, 0.25) is 11.8 Å². The van der Waals surface area contributed by atoms with Crippen LogP contribution < -0.4 is 21.7 Å². The highest BCUT2D eigenvalue weighted by molar-refractivity contribution is 6.30. The lowest BCUT2D eigenvalue weighted by Crippen LogP contribution is -2.39. The average Bonchev–Trinajstić information content (AvgIpc) is 2.89. The Morgan fingerprint density at radius 1 is 1.27 bits per heavy atom. The average molecular weight is 370 g/mol. The predicted octanol–water partition coefficient (Wildman–Crippen LogP) is 0.928. The number of nitrogens with one attached hydrogen (secondary N) is 3. The van der Waals surface area contributed by atoms with Gasteiger partial charge >= 0.3 is 0 Å². The molecule has 0 spiro atoms. The Morgan fingerprint density at radius 3 is 2.50 bits per heavy atom. The number of rotatable bonds is 4. The van der Waals surface area contributed by atoms with Gasteiger partial charge in [-0.2, -0.15) is 0 Å². The summed E-state index contributed by atoms with van der Waals surface area (Å²) in [6.07, 6.45) is 0.547. The first kappa shape index (κ1) is 20.9. The van der Waals surface area contributed by atoms with Gasteiger partial charge < -0.3 is 21.7 Å². The molecule has 1 aliphatic heterocycles. The van der Waals surface area contributed by atoms with E-state index in [0.717, 1.165) is 0 Å². The predicted molar refractivity (Wildman–Crippen MR) is 92.0 cm³/mol. The van der Waals surface area contributed by atoms with Crippen molar-refractivity contribution in [1.82, 2.24) is 10.6 Å². The van der Waals surface area contributed by atoms with E-state index in [4.69, 9.17) is 17.3 Å². The summed E-state index contributed by atoms with van der Waals surface area (Å²) in [5.41, 5.74) is 5.93. The van der Waals surface area contributed by atoms with Crippen molar-refractivity contribution in [2.75, 3.05) is 18.4 Å². The van der Waals surface area contributed by atoms with E-state index in [9.17, 15) is 9.59 Å². The summed E-state index contributed by atoms with van der Waals surface area (Å²) in [5, 5.41) is 9.25. The van der Waals surface area contributed by atoms with E-state index >= 15 is 0 Å². The molecule has 22 heavy (non-hydrogen) atoms. The third-order valence-electron chi connectivity index (χ3n) is 3.11. The van der Waals surface area contributed by atoms with Gasteiger partial charge in [0.25, 0.3) is 0 Å². The second-order valence-electron chi connectivity index (χ2n) is 4.66. The van der Waals surface area contributed by atoms with Crippen molar-refractivity contribution >= 4 is 53.9 Å². The molecular formula is C13H19Cl3N4O2. The van der Waals surface area contributed by atoms with Crippen LogP contribution >= 0.6 is 36.4 Å². The zero-order chi connectivity index (χ0) is 14.5. The summed E-state index contributed by atoms with van der Waals surface area (Å²) < 4.78 is 0. The smallest absolute Gasteiger partial charge is 0.241 e. The number of hydrogen-bond donors (Lipinski definition) is 4. The van der Waals surface area contributed by atoms with Gasteiger partial charge in [0.15, 0.2) is 0 Å². The van der Waals surface area contributed by atoms with Crippen LogP contribution in [0.4, 0.5) is 5.69 Å². The molecule has 0 saturated carbocycles. The van der Waals surface area contributed by atoms with E-state index < -0.39 is 0 Å². The third kappa shape index (κ3) is 5.98. The number of amides is 2. The number of anilines is 1. The molecule has 2 amide bonds. The van der Waals surface area contributed by atoms with Crippen LogP contribution in [-0.4, -0.2) is 37.0 Å². The maximum absolute atomic E-state index is 12.1. The van der Waals surface area contributed by atoms with Gasteiger partial charge in [-0.05, 0) is 30.7 Å². The quantitative estimate of drug-likeness (QED) is 0.635. The lowest BCUT2D eigenvalue weighted by molar-refractivity contribution is -0.121. The highest BCUT2D eigenvalue weighted by atomic mass is 35.5. The molecule has 0 bridgehead atoms. The highest BCUT2D eigenvalue weighted by Gasteiger charge is 2.30. The van der Waals surface area contributed by atoms with Crippen molar-refractivity contribution in [1.29, 1.82) is 0 Å². The number of hydrogen-bond acceptors (Lipinski definition) is 4. The lowest BCUT2D eigenvalue weighted by Gasteiger charge is -2.12. The largest absolute Gasteiger partial charge is 0.351 e. The normalized spacial score (nSPS) is 19.5. The zero-order valence-corrected chi connectivity index (χ0v) is 14.1. The van der Waals surface area contributed by atoms with Crippen LogP contribution in [0.25, 0.3) is 0 Å². The molecule has 1 aliphatic rings. The van der Waals surface area contributed by atoms with Crippen LogP contribution in [0.2, 0.25) is 5.02 Å². The van der Waals surface area contributed by atoms with Crippen molar-refractivity contribution in [2.45, 2.75) is 18.5 Å². The SMILES string of the molecule is Cl.Cl.NCC(=O)NC1CN[C@H](C(=O)Nc2ccc(Cl)cc2)C1. The van der Waals surface area contributed by atoms with Crippen molar-refractivity contribution in [2.24, 2.45) is 5.73 Å². The summed E-state index contributed by atoms with van der Waals surface area (Å²) in [5.74, 6) is -0.340. The van der Waals surface area contributed by atoms with Gasteiger partial charge in [-0.3, -0.25) is 9.59 Å². The Bertz CT molecular complexity index is 499. The van der Waals surface area contributed by atoms with Gasteiger partial charge in [-0.1, -0.05) is 11.6 Å². The molecule has 1 aromatic carbocycles. The molecule has 1 aromatic rings. The van der Waals surface area contributed by atoms with Gasteiger partial charge in [0.1, 0.15) is 0 Å². The summed E-state index contributed by atoms with van der Waals surface area (Å²) in [4.78, 5) is 23.2. The van der Waals surface area contributed by atoms with Crippen molar-refractivity contribution in [3.05, 3.63) is 29.3 Å². The minimum Gasteiger partial charge on any atom is -0.351 e. The van der Waals surface area contributed by atoms with Crippen LogP contribution in [0.3, 0.4) is 0 Å². The second-order valence-corrected chi connectivity index (χ2v) is 5.10. The molecule has 6 nitrogen and oxygen atoms in total. The Morgan fingerprint density at radius 2 is 1.91 bits per heavy atom. The van der Waals surface area contributed by atoms with Crippen LogP contribution in [0.5, 0.6) is 0 Å². The Hall–Kier alpha value is -1.05. The molecule has 1 unspecified atom stereocenters. The molecule has 0 aromatic heterocycles. The van der Waals surface area contributed by atoms with Crippen LogP contribution in [0, 0.1) is 0 Å². The fourth-order valence-electron chi connectivity index (χ4n) is 2.09. The topological polar surface area (TPSA) is 96.2 Å². The summed E-state index contributed by atoms with van der Waals surface area (Å²) in [6.45, 7) is 0.516. The molecule has 9 heteroatoms. The Kier molecular flexibility index (Phi) is 9.39. The molecule has 1 saturated heterocycles. The molecule has 0 aliphatic carbocycles. The fraction of sp³-hybridized carbons (Fsp3) is 0.385. The van der Waals surface area contributed by atoms with Gasteiger partial charge in [-0.25, -0.2) is 0 Å². The van der Waals surface area contributed by atoms with Crippen LogP contribution in [0.15, 0.2) is 24.3 Å². The van der Waals surface area contributed by atoms with Crippen LogP contribution in [0.1, 0.15) is 6.42 Å². The monoisotopic (exact) mass is 368 g/mol. The Balaban J connectivity index is 0.00000220. The maximum Gasteiger partial charge on any atom is 0.241 e. The summed E-state index contributed by atoms with van der Waals surface area (Å²) >= 11 is 5.78. The Labute approximate surface area is 146 Å². The number of carbonyl (C=O) groups excluding carboxylic acids is 2. The number of halogens is 3. The molecule has 1 fully saturated rings. The van der Waals surface area contributed by atoms with Crippen molar-refractivity contribution in [3.8, 4) is 0 Å². The van der Waals surface area contributed by atoms with E-state index in [-0.39, 0.29) is 55.3 Å². The van der Waals surface area contributed by atoms with Crippen LogP contribution in [-0.2, 0) is 9.59 Å². The third-order valence-corrected chi connectivity index (χ3v) is 3.36. The molecule has 1 heterocycles. The number of benzene rings is 1.